The number of hydrogen-bond acceptors (Lipinski definition) is 4. The molecule has 1 unspecified atom stereocenters. The fraction of sp³-hybridized carbons (Fsp3) is 0.895. The van der Waals surface area contributed by atoms with E-state index in [-0.39, 0.29) is 35.4 Å². The molecule has 0 aromatic rings. The van der Waals surface area contributed by atoms with E-state index in [0.717, 1.165) is 58.0 Å². The van der Waals surface area contributed by atoms with E-state index in [0.29, 0.717) is 19.0 Å². The molecule has 2 amide bonds. The molecule has 3 saturated heterocycles. The summed E-state index contributed by atoms with van der Waals surface area (Å²) in [7, 11) is 0. The number of fused-ring (bicyclic) bond motifs is 1. The summed E-state index contributed by atoms with van der Waals surface area (Å²) in [6.45, 7) is 4.08. The van der Waals surface area contributed by atoms with Crippen molar-refractivity contribution in [3.8, 4) is 0 Å². The summed E-state index contributed by atoms with van der Waals surface area (Å²) in [6, 6.07) is 0.382. The first kappa shape index (κ1) is 17.3. The van der Waals surface area contributed by atoms with Gasteiger partial charge in [-0.1, -0.05) is 0 Å². The van der Waals surface area contributed by atoms with Gasteiger partial charge in [-0.3, -0.25) is 9.59 Å². The number of likely N-dealkylation sites (tertiary alicyclic amines) is 1. The molecule has 0 aromatic heterocycles. The van der Waals surface area contributed by atoms with Crippen molar-refractivity contribution >= 4 is 11.8 Å². The van der Waals surface area contributed by atoms with Crippen LogP contribution in [0, 0.1) is 5.41 Å². The third kappa shape index (κ3) is 3.19. The molecule has 4 atom stereocenters. The molecule has 1 saturated carbocycles. The van der Waals surface area contributed by atoms with Gasteiger partial charge >= 0.3 is 0 Å². The van der Waals surface area contributed by atoms with Gasteiger partial charge in [-0.2, -0.15) is 0 Å². The molecule has 4 fully saturated rings. The van der Waals surface area contributed by atoms with Crippen LogP contribution >= 0.6 is 0 Å². The first-order chi connectivity index (χ1) is 12.0. The summed E-state index contributed by atoms with van der Waals surface area (Å²) in [5, 5.41) is 13.6. The van der Waals surface area contributed by atoms with E-state index < -0.39 is 0 Å². The highest BCUT2D eigenvalue weighted by Crippen LogP contribution is 2.53. The molecular weight excluding hydrogens is 318 g/mol. The lowest BCUT2D eigenvalue weighted by Crippen LogP contribution is -2.63. The maximum atomic E-state index is 12.6. The molecule has 2 N–H and O–H groups in total. The molecule has 6 nitrogen and oxygen atoms in total. The lowest BCUT2D eigenvalue weighted by molar-refractivity contribution is -0.145. The fourth-order valence-electron chi connectivity index (χ4n) is 5.07. The van der Waals surface area contributed by atoms with E-state index in [1.807, 2.05) is 11.8 Å². The molecule has 4 rings (SSSR count). The van der Waals surface area contributed by atoms with Gasteiger partial charge in [0, 0.05) is 38.1 Å². The number of piperazine rings is 1. The van der Waals surface area contributed by atoms with Crippen LogP contribution in [0.2, 0.25) is 0 Å². The van der Waals surface area contributed by atoms with Crippen molar-refractivity contribution in [2.45, 2.75) is 82.5 Å². The Balaban J connectivity index is 1.32. The molecule has 3 aliphatic heterocycles. The number of aliphatic hydroxyl groups is 1. The number of amides is 2. The van der Waals surface area contributed by atoms with Crippen molar-refractivity contribution in [3.05, 3.63) is 0 Å². The average molecular weight is 349 g/mol. The van der Waals surface area contributed by atoms with Crippen molar-refractivity contribution in [3.63, 3.8) is 0 Å². The van der Waals surface area contributed by atoms with Gasteiger partial charge in [0.2, 0.25) is 11.8 Å². The van der Waals surface area contributed by atoms with E-state index in [9.17, 15) is 14.7 Å². The molecule has 1 aliphatic carbocycles. The van der Waals surface area contributed by atoms with E-state index in [1.54, 1.807) is 0 Å². The molecule has 0 radical (unpaired) electrons. The predicted molar refractivity (Wildman–Crippen MR) is 93.8 cm³/mol. The second-order valence-electron chi connectivity index (χ2n) is 8.62. The molecule has 0 bridgehead atoms. The van der Waals surface area contributed by atoms with Crippen molar-refractivity contribution in [1.29, 1.82) is 0 Å². The third-order valence-corrected chi connectivity index (χ3v) is 7.06. The fourth-order valence-corrected chi connectivity index (χ4v) is 5.07. The first-order valence-corrected chi connectivity index (χ1v) is 10.0. The molecule has 0 aromatic carbocycles. The number of nitrogens with zero attached hydrogens (tertiary/aromatic N) is 2. The normalized spacial score (nSPS) is 37.1. The third-order valence-electron chi connectivity index (χ3n) is 7.06. The van der Waals surface area contributed by atoms with Crippen LogP contribution in [0.1, 0.15) is 58.3 Å². The van der Waals surface area contributed by atoms with Crippen molar-refractivity contribution in [1.82, 2.24) is 15.1 Å². The Bertz CT molecular complexity index is 548. The zero-order chi connectivity index (χ0) is 17.6. The van der Waals surface area contributed by atoms with Gasteiger partial charge in [0.05, 0.1) is 12.1 Å². The van der Waals surface area contributed by atoms with Crippen LogP contribution in [0.5, 0.6) is 0 Å². The van der Waals surface area contributed by atoms with Gasteiger partial charge < -0.3 is 20.2 Å². The Morgan fingerprint density at radius 2 is 2.12 bits per heavy atom. The van der Waals surface area contributed by atoms with Crippen LogP contribution in [0.4, 0.5) is 0 Å². The lowest BCUT2D eigenvalue weighted by atomic mass is 9.89. The second-order valence-corrected chi connectivity index (χ2v) is 8.62. The highest BCUT2D eigenvalue weighted by molar-refractivity contribution is 5.83. The van der Waals surface area contributed by atoms with E-state index in [4.69, 9.17) is 0 Å². The van der Waals surface area contributed by atoms with Crippen LogP contribution in [0.3, 0.4) is 0 Å². The van der Waals surface area contributed by atoms with E-state index in [2.05, 4.69) is 10.2 Å². The number of piperidine rings is 2. The second kappa shape index (κ2) is 6.54. The zero-order valence-corrected chi connectivity index (χ0v) is 15.2. The Kier molecular flexibility index (Phi) is 4.52. The van der Waals surface area contributed by atoms with Crippen molar-refractivity contribution < 1.29 is 14.7 Å². The highest BCUT2D eigenvalue weighted by Gasteiger charge is 2.51. The molecular formula is C19H31N3O3. The summed E-state index contributed by atoms with van der Waals surface area (Å²) in [4.78, 5) is 29.1. The van der Waals surface area contributed by atoms with Crippen molar-refractivity contribution in [2.75, 3.05) is 19.6 Å². The monoisotopic (exact) mass is 349 g/mol. The van der Waals surface area contributed by atoms with Gasteiger partial charge in [0.15, 0.2) is 0 Å². The minimum absolute atomic E-state index is 0.112. The number of nitrogens with one attached hydrogen (secondary N) is 1. The summed E-state index contributed by atoms with van der Waals surface area (Å²) >= 11 is 0. The molecule has 4 aliphatic rings. The Labute approximate surface area is 149 Å². The maximum absolute atomic E-state index is 12.6. The summed E-state index contributed by atoms with van der Waals surface area (Å²) in [5.41, 5.74) is 0.136. The zero-order valence-electron chi connectivity index (χ0n) is 15.2. The van der Waals surface area contributed by atoms with Crippen LogP contribution in [-0.4, -0.2) is 70.6 Å². The number of β-amino-alcohol motifs (C(OH)–C–C–N with tert-alkyl or cyclic N) is 1. The number of rotatable bonds is 3. The number of carbonyl (C=O) groups is 2. The maximum Gasteiger partial charge on any atom is 0.239 e. The largest absolute Gasteiger partial charge is 0.391 e. The first-order valence-electron chi connectivity index (χ1n) is 10.0. The van der Waals surface area contributed by atoms with Gasteiger partial charge in [-0.25, -0.2) is 0 Å². The molecule has 6 heteroatoms. The number of carbonyl (C=O) groups excluding carboxylic acids is 2. The van der Waals surface area contributed by atoms with Gasteiger partial charge in [0.25, 0.3) is 0 Å². The number of aliphatic hydroxyl groups excluding tert-OH is 1. The molecule has 140 valence electrons. The van der Waals surface area contributed by atoms with E-state index in [1.165, 1.54) is 0 Å². The van der Waals surface area contributed by atoms with Gasteiger partial charge in [0.1, 0.15) is 0 Å². The standard InChI is InChI=1S/C19H31N3O3/c1-13-18(25)22-14(3-2-4-15(22)11-20-13)5-6-17(24)21-10-9-19(7-8-19)16(23)12-21/h13-16,20,23H,2-12H2,1H3/t13-,14+,15-,16?/m0/s1. The van der Waals surface area contributed by atoms with Crippen LogP contribution < -0.4 is 5.32 Å². The Hall–Kier alpha value is -1.14. The molecule has 3 heterocycles. The summed E-state index contributed by atoms with van der Waals surface area (Å²) in [6.07, 6.45) is 7.28. The Morgan fingerprint density at radius 3 is 2.84 bits per heavy atom. The lowest BCUT2D eigenvalue weighted by Gasteiger charge is -2.47. The van der Waals surface area contributed by atoms with Gasteiger partial charge in [-0.05, 0) is 57.3 Å². The SMILES string of the molecule is C[C@@H]1NC[C@@H]2CCC[C@H](CCC(=O)N3CCC4(CC4)C(O)C3)N2C1=O. The van der Waals surface area contributed by atoms with Gasteiger partial charge in [-0.15, -0.1) is 0 Å². The minimum atomic E-state index is -0.347. The number of hydrogen-bond donors (Lipinski definition) is 2. The molecule has 1 spiro atoms. The molecule has 25 heavy (non-hydrogen) atoms. The topological polar surface area (TPSA) is 72.9 Å². The quantitative estimate of drug-likeness (QED) is 0.793. The van der Waals surface area contributed by atoms with Crippen LogP contribution in [0.25, 0.3) is 0 Å². The van der Waals surface area contributed by atoms with E-state index >= 15 is 0 Å². The smallest absolute Gasteiger partial charge is 0.239 e. The summed E-state index contributed by atoms with van der Waals surface area (Å²) in [5.74, 6) is 0.338. The minimum Gasteiger partial charge on any atom is -0.391 e. The van der Waals surface area contributed by atoms with Crippen molar-refractivity contribution in [2.24, 2.45) is 5.41 Å². The average Bonchev–Trinajstić information content (AvgIpc) is 3.39. The predicted octanol–water partition coefficient (Wildman–Crippen LogP) is 0.881. The highest BCUT2D eigenvalue weighted by atomic mass is 16.3. The Morgan fingerprint density at radius 1 is 1.32 bits per heavy atom. The van der Waals surface area contributed by atoms with Crippen LogP contribution in [-0.2, 0) is 9.59 Å². The van der Waals surface area contributed by atoms with Crippen LogP contribution in [0.15, 0.2) is 0 Å². The summed E-state index contributed by atoms with van der Waals surface area (Å²) < 4.78 is 0.